The summed E-state index contributed by atoms with van der Waals surface area (Å²) in [4.78, 5) is 43.7. The molecule has 4 N–H and O–H groups in total. The molecule has 0 fully saturated rings. The molecule has 0 saturated carbocycles. The quantitative estimate of drug-likeness (QED) is 0.279. The minimum Gasteiger partial charge on any atom is -0.444 e. The highest BCUT2D eigenvalue weighted by molar-refractivity contribution is 6.05. The van der Waals surface area contributed by atoms with Gasteiger partial charge in [0.05, 0.1) is 6.20 Å². The van der Waals surface area contributed by atoms with E-state index in [1.807, 2.05) is 64.2 Å². The maximum atomic E-state index is 13.5. The fraction of sp³-hybridized carbons (Fsp3) is 0.700. The number of carbonyl (C=O) groups excluding carboxylic acids is 3. The van der Waals surface area contributed by atoms with Crippen LogP contribution in [0.5, 0.6) is 0 Å². The number of unbranched alkanes of at least 4 members (excludes halogenated alkanes) is 2. The van der Waals surface area contributed by atoms with Crippen molar-refractivity contribution in [3.63, 3.8) is 0 Å². The molecule has 1 aliphatic heterocycles. The van der Waals surface area contributed by atoms with Crippen LogP contribution >= 0.6 is 0 Å². The van der Waals surface area contributed by atoms with Gasteiger partial charge >= 0.3 is 6.09 Å². The molecule has 0 radical (unpaired) electrons. The van der Waals surface area contributed by atoms with Gasteiger partial charge in [-0.15, -0.1) is 0 Å². The van der Waals surface area contributed by atoms with E-state index in [0.717, 1.165) is 25.7 Å². The van der Waals surface area contributed by atoms with Gasteiger partial charge in [0.1, 0.15) is 22.8 Å². The van der Waals surface area contributed by atoms with Crippen molar-refractivity contribution in [2.24, 2.45) is 16.1 Å². The molecule has 0 aliphatic carbocycles. The van der Waals surface area contributed by atoms with Gasteiger partial charge in [-0.25, -0.2) is 9.79 Å². The third-order valence-corrected chi connectivity index (χ3v) is 6.12. The Morgan fingerprint density at radius 1 is 1.02 bits per heavy atom. The zero-order chi connectivity index (χ0) is 30.6. The Labute approximate surface area is 245 Å². The summed E-state index contributed by atoms with van der Waals surface area (Å²) in [5.74, 6) is 0.329. The highest BCUT2D eigenvalue weighted by Crippen LogP contribution is 2.26. The molecule has 0 bridgehead atoms. The normalized spacial score (nSPS) is 13.4. The Bertz CT molecular complexity index is 1090. The predicted molar refractivity (Wildman–Crippen MR) is 163 cm³/mol. The van der Waals surface area contributed by atoms with Crippen LogP contribution in [-0.4, -0.2) is 70.2 Å². The standard InChI is InChI=1S/C30H51N7O4/c1-8-15-36(16-12-14-32-26(38)20-29(2,3)4)27(39)22-18-23-24(34-25(31)19-22)21-37(35-23)17-11-9-10-13-33-28(40)41-30(5,6)7/h18,21H,8-17,19-20H2,1-7H3,(H2,31,34)(H,32,38)(H,33,40). The molecule has 0 aromatic carbocycles. The van der Waals surface area contributed by atoms with Crippen LogP contribution in [0, 0.1) is 5.41 Å². The lowest BCUT2D eigenvalue weighted by molar-refractivity contribution is -0.127. The largest absolute Gasteiger partial charge is 0.444 e. The van der Waals surface area contributed by atoms with Gasteiger partial charge < -0.3 is 26.0 Å². The zero-order valence-corrected chi connectivity index (χ0v) is 26.1. The number of nitrogens with two attached hydrogens (primary N) is 1. The van der Waals surface area contributed by atoms with Gasteiger partial charge in [-0.1, -0.05) is 27.7 Å². The van der Waals surface area contributed by atoms with Crippen LogP contribution < -0.4 is 16.4 Å². The van der Waals surface area contributed by atoms with Crippen LogP contribution in [0.15, 0.2) is 16.8 Å². The van der Waals surface area contributed by atoms with Gasteiger partial charge in [-0.05, 0) is 64.4 Å². The molecule has 0 saturated heterocycles. The molecule has 2 heterocycles. The molecule has 11 heteroatoms. The van der Waals surface area contributed by atoms with Crippen LogP contribution in [0.2, 0.25) is 0 Å². The predicted octanol–water partition coefficient (Wildman–Crippen LogP) is 4.54. The number of amidine groups is 1. The van der Waals surface area contributed by atoms with Crippen LogP contribution in [0.3, 0.4) is 0 Å². The molecule has 41 heavy (non-hydrogen) atoms. The second-order valence-electron chi connectivity index (χ2n) is 12.8. The number of fused-ring (bicyclic) bond motifs is 1. The van der Waals surface area contributed by atoms with Gasteiger partial charge in [0, 0.05) is 51.1 Å². The van der Waals surface area contributed by atoms with Crippen molar-refractivity contribution in [3.05, 3.63) is 17.5 Å². The summed E-state index contributed by atoms with van der Waals surface area (Å²) in [6.07, 6.45) is 8.11. The average molecular weight is 574 g/mol. The minimum absolute atomic E-state index is 0.0295. The highest BCUT2D eigenvalue weighted by atomic mass is 16.6. The van der Waals surface area contributed by atoms with E-state index in [1.165, 1.54) is 0 Å². The lowest BCUT2D eigenvalue weighted by atomic mass is 9.92. The van der Waals surface area contributed by atoms with Gasteiger partial charge in [0.15, 0.2) is 0 Å². The second-order valence-corrected chi connectivity index (χ2v) is 12.8. The summed E-state index contributed by atoms with van der Waals surface area (Å²) >= 11 is 0. The molecular weight excluding hydrogens is 522 g/mol. The third kappa shape index (κ3) is 13.2. The SMILES string of the molecule is CCCN(CCCNC(=O)CC(C)(C)C)C(=O)C1=Cc2nn(CCCCCNC(=O)OC(C)(C)C)cc2N=C(N)C1. The topological polar surface area (TPSA) is 144 Å². The zero-order valence-electron chi connectivity index (χ0n) is 26.1. The number of rotatable bonds is 14. The monoisotopic (exact) mass is 573 g/mol. The van der Waals surface area contributed by atoms with Crippen LogP contribution in [-0.2, 0) is 20.9 Å². The first-order valence-corrected chi connectivity index (χ1v) is 14.8. The molecule has 0 atom stereocenters. The van der Waals surface area contributed by atoms with E-state index >= 15 is 0 Å². The Balaban J connectivity index is 1.91. The lowest BCUT2D eigenvalue weighted by Crippen LogP contribution is -2.37. The number of carbonyl (C=O) groups is 3. The minimum atomic E-state index is -0.508. The van der Waals surface area contributed by atoms with Crippen molar-refractivity contribution in [1.29, 1.82) is 0 Å². The number of hydrogen-bond acceptors (Lipinski definition) is 7. The van der Waals surface area contributed by atoms with Crippen LogP contribution in [0.4, 0.5) is 10.5 Å². The summed E-state index contributed by atoms with van der Waals surface area (Å²) in [5.41, 5.74) is 7.47. The number of ether oxygens (including phenoxy) is 1. The summed E-state index contributed by atoms with van der Waals surface area (Å²) in [6.45, 7) is 16.6. The molecule has 1 aliphatic rings. The molecule has 0 spiro atoms. The van der Waals surface area contributed by atoms with Gasteiger partial charge in [0.2, 0.25) is 11.8 Å². The first kappa shape index (κ1) is 33.8. The van der Waals surface area contributed by atoms with E-state index in [4.69, 9.17) is 10.5 Å². The molecule has 230 valence electrons. The Morgan fingerprint density at radius 3 is 2.39 bits per heavy atom. The summed E-state index contributed by atoms with van der Waals surface area (Å²) in [6, 6.07) is 0. The first-order chi connectivity index (χ1) is 19.2. The Morgan fingerprint density at radius 2 is 1.73 bits per heavy atom. The number of aryl methyl sites for hydroxylation is 1. The van der Waals surface area contributed by atoms with Gasteiger partial charge in [0.25, 0.3) is 0 Å². The first-order valence-electron chi connectivity index (χ1n) is 14.8. The van der Waals surface area contributed by atoms with Crippen molar-refractivity contribution in [2.75, 3.05) is 26.2 Å². The number of hydrogen-bond donors (Lipinski definition) is 3. The van der Waals surface area contributed by atoms with Gasteiger partial charge in [-0.2, -0.15) is 5.10 Å². The molecule has 1 aromatic rings. The van der Waals surface area contributed by atoms with E-state index < -0.39 is 11.7 Å². The van der Waals surface area contributed by atoms with Crippen molar-refractivity contribution < 1.29 is 19.1 Å². The summed E-state index contributed by atoms with van der Waals surface area (Å²) < 4.78 is 7.08. The lowest BCUT2D eigenvalue weighted by Gasteiger charge is -2.24. The number of amides is 3. The van der Waals surface area contributed by atoms with Crippen molar-refractivity contribution in [2.45, 2.75) is 106 Å². The average Bonchev–Trinajstić information content (AvgIpc) is 3.13. The number of nitrogens with one attached hydrogen (secondary N) is 2. The number of alkyl carbamates (subject to hydrolysis) is 1. The summed E-state index contributed by atoms with van der Waals surface area (Å²) in [5, 5.41) is 10.4. The maximum absolute atomic E-state index is 13.5. The summed E-state index contributed by atoms with van der Waals surface area (Å²) in [7, 11) is 0. The molecule has 0 unspecified atom stereocenters. The van der Waals surface area contributed by atoms with E-state index in [9.17, 15) is 14.4 Å². The smallest absolute Gasteiger partial charge is 0.407 e. The molecule has 2 rings (SSSR count). The van der Waals surface area contributed by atoms with Crippen molar-refractivity contribution in [1.82, 2.24) is 25.3 Å². The maximum Gasteiger partial charge on any atom is 0.407 e. The number of aliphatic imine (C=N–C) groups is 1. The Hall–Kier alpha value is -3.37. The fourth-order valence-corrected chi connectivity index (χ4v) is 4.38. The van der Waals surface area contributed by atoms with Crippen LogP contribution in [0.1, 0.15) is 99.1 Å². The highest BCUT2D eigenvalue weighted by Gasteiger charge is 2.23. The number of nitrogens with zero attached hydrogens (tertiary/aromatic N) is 4. The van der Waals surface area contributed by atoms with E-state index in [1.54, 1.807) is 6.08 Å². The molecule has 3 amide bonds. The van der Waals surface area contributed by atoms with E-state index in [0.29, 0.717) is 68.4 Å². The second kappa shape index (κ2) is 15.6. The Kier molecular flexibility index (Phi) is 12.9. The molecule has 11 nitrogen and oxygen atoms in total. The third-order valence-electron chi connectivity index (χ3n) is 6.12. The van der Waals surface area contributed by atoms with Crippen LogP contribution in [0.25, 0.3) is 6.08 Å². The van der Waals surface area contributed by atoms with E-state index in [-0.39, 0.29) is 23.7 Å². The van der Waals surface area contributed by atoms with Gasteiger partial charge in [-0.3, -0.25) is 14.3 Å². The van der Waals surface area contributed by atoms with Crippen molar-refractivity contribution >= 4 is 35.5 Å². The molecular formula is C30H51N7O4. The number of aromatic nitrogens is 2. The fourth-order valence-electron chi connectivity index (χ4n) is 4.38. The van der Waals surface area contributed by atoms with E-state index in [2.05, 4.69) is 20.7 Å². The van der Waals surface area contributed by atoms with Crippen molar-refractivity contribution in [3.8, 4) is 0 Å². The molecule has 1 aromatic heterocycles.